The van der Waals surface area contributed by atoms with Crippen LogP contribution in [0.4, 0.5) is 17.3 Å². The zero-order valence-electron chi connectivity index (χ0n) is 11.1. The highest BCUT2D eigenvalue weighted by Gasteiger charge is 2.15. The standard InChI is InChI=1S/C14H18N4O/c1-8(9-4-3-5-10(6-9)19-2)11-7-12(15)18-14(17)13(11)16/h3-8H,16H2,1-2H3,(H4,15,17,18). The van der Waals surface area contributed by atoms with Crippen molar-refractivity contribution in [3.8, 4) is 5.75 Å². The average molecular weight is 258 g/mol. The van der Waals surface area contributed by atoms with Crippen LogP contribution in [0.3, 0.4) is 0 Å². The van der Waals surface area contributed by atoms with Crippen LogP contribution < -0.4 is 21.9 Å². The van der Waals surface area contributed by atoms with E-state index in [0.717, 1.165) is 16.9 Å². The maximum absolute atomic E-state index is 5.99. The lowest BCUT2D eigenvalue weighted by atomic mass is 9.92. The van der Waals surface area contributed by atoms with E-state index in [2.05, 4.69) is 4.98 Å². The van der Waals surface area contributed by atoms with E-state index < -0.39 is 0 Å². The summed E-state index contributed by atoms with van der Waals surface area (Å²) in [6.07, 6.45) is 0. The summed E-state index contributed by atoms with van der Waals surface area (Å²) in [6, 6.07) is 9.58. The number of nitrogens with two attached hydrogens (primary N) is 3. The van der Waals surface area contributed by atoms with Crippen LogP contribution in [0.5, 0.6) is 5.75 Å². The first-order chi connectivity index (χ1) is 9.02. The van der Waals surface area contributed by atoms with Gasteiger partial charge in [-0.25, -0.2) is 4.98 Å². The lowest BCUT2D eigenvalue weighted by molar-refractivity contribution is 0.414. The second-order valence-electron chi connectivity index (χ2n) is 4.43. The number of anilines is 3. The number of hydrogen-bond donors (Lipinski definition) is 3. The van der Waals surface area contributed by atoms with Crippen molar-refractivity contribution in [1.29, 1.82) is 0 Å². The molecule has 1 atom stereocenters. The predicted octanol–water partition coefficient (Wildman–Crippen LogP) is 1.99. The quantitative estimate of drug-likeness (QED) is 0.781. The van der Waals surface area contributed by atoms with E-state index in [1.165, 1.54) is 0 Å². The Morgan fingerprint density at radius 1 is 1.16 bits per heavy atom. The molecule has 0 saturated heterocycles. The van der Waals surface area contributed by atoms with Gasteiger partial charge in [0.25, 0.3) is 0 Å². The van der Waals surface area contributed by atoms with Crippen molar-refractivity contribution in [3.63, 3.8) is 0 Å². The van der Waals surface area contributed by atoms with Gasteiger partial charge < -0.3 is 21.9 Å². The molecule has 2 rings (SSSR count). The number of nitrogens with zero attached hydrogens (tertiary/aromatic N) is 1. The van der Waals surface area contributed by atoms with Crippen LogP contribution in [0.25, 0.3) is 0 Å². The van der Waals surface area contributed by atoms with Crippen LogP contribution in [-0.2, 0) is 0 Å². The van der Waals surface area contributed by atoms with Crippen LogP contribution in [0, 0.1) is 0 Å². The summed E-state index contributed by atoms with van der Waals surface area (Å²) in [5.41, 5.74) is 19.9. The first-order valence-electron chi connectivity index (χ1n) is 5.98. The molecule has 1 heterocycles. The van der Waals surface area contributed by atoms with Crippen LogP contribution in [0.15, 0.2) is 30.3 Å². The van der Waals surface area contributed by atoms with Gasteiger partial charge in [0.15, 0.2) is 0 Å². The van der Waals surface area contributed by atoms with E-state index in [4.69, 9.17) is 21.9 Å². The van der Waals surface area contributed by atoms with Gasteiger partial charge in [-0.2, -0.15) is 0 Å². The monoisotopic (exact) mass is 258 g/mol. The molecule has 100 valence electrons. The third-order valence-electron chi connectivity index (χ3n) is 3.20. The normalized spacial score (nSPS) is 12.1. The molecule has 6 N–H and O–H groups in total. The number of pyridine rings is 1. The minimum Gasteiger partial charge on any atom is -0.497 e. The fourth-order valence-electron chi connectivity index (χ4n) is 2.07. The molecule has 19 heavy (non-hydrogen) atoms. The Bertz CT molecular complexity index is 598. The van der Waals surface area contributed by atoms with Crippen LogP contribution in [0.2, 0.25) is 0 Å². The largest absolute Gasteiger partial charge is 0.497 e. The summed E-state index contributed by atoms with van der Waals surface area (Å²) in [6.45, 7) is 2.04. The first kappa shape index (κ1) is 13.0. The van der Waals surface area contributed by atoms with Gasteiger partial charge in [-0.15, -0.1) is 0 Å². The van der Waals surface area contributed by atoms with Gasteiger partial charge in [0.2, 0.25) is 0 Å². The van der Waals surface area contributed by atoms with E-state index in [1.54, 1.807) is 13.2 Å². The zero-order chi connectivity index (χ0) is 14.0. The van der Waals surface area contributed by atoms with E-state index in [-0.39, 0.29) is 11.7 Å². The van der Waals surface area contributed by atoms with Gasteiger partial charge >= 0.3 is 0 Å². The Balaban J connectivity index is 2.46. The highest BCUT2D eigenvalue weighted by atomic mass is 16.5. The maximum atomic E-state index is 5.99. The van der Waals surface area contributed by atoms with Gasteiger partial charge in [0.05, 0.1) is 12.8 Å². The second-order valence-corrected chi connectivity index (χ2v) is 4.43. The number of methoxy groups -OCH3 is 1. The molecule has 2 aromatic rings. The third-order valence-corrected chi connectivity index (χ3v) is 3.20. The summed E-state index contributed by atoms with van der Waals surface area (Å²) in [5.74, 6) is 1.50. The van der Waals surface area contributed by atoms with Gasteiger partial charge in [-0.3, -0.25) is 0 Å². The predicted molar refractivity (Wildman–Crippen MR) is 78.0 cm³/mol. The van der Waals surface area contributed by atoms with Gasteiger partial charge in [-0.05, 0) is 29.3 Å². The van der Waals surface area contributed by atoms with E-state index in [9.17, 15) is 0 Å². The van der Waals surface area contributed by atoms with E-state index >= 15 is 0 Å². The molecular weight excluding hydrogens is 240 g/mol. The Hall–Kier alpha value is -2.43. The first-order valence-corrected chi connectivity index (χ1v) is 5.98. The molecule has 0 aliphatic rings. The van der Waals surface area contributed by atoms with E-state index in [1.807, 2.05) is 31.2 Å². The second kappa shape index (κ2) is 5.06. The van der Waals surface area contributed by atoms with Crippen LogP contribution in [0.1, 0.15) is 24.0 Å². The summed E-state index contributed by atoms with van der Waals surface area (Å²) < 4.78 is 5.23. The molecule has 0 amide bonds. The molecule has 0 radical (unpaired) electrons. The summed E-state index contributed by atoms with van der Waals surface area (Å²) in [7, 11) is 1.64. The Morgan fingerprint density at radius 2 is 1.89 bits per heavy atom. The third kappa shape index (κ3) is 2.54. The summed E-state index contributed by atoms with van der Waals surface area (Å²) >= 11 is 0. The highest BCUT2D eigenvalue weighted by Crippen LogP contribution is 2.33. The van der Waals surface area contributed by atoms with Gasteiger partial charge in [-0.1, -0.05) is 19.1 Å². The minimum absolute atomic E-state index is 0.0581. The Morgan fingerprint density at radius 3 is 2.58 bits per heavy atom. The number of aromatic nitrogens is 1. The summed E-state index contributed by atoms with van der Waals surface area (Å²) in [4.78, 5) is 3.95. The molecule has 0 aliphatic carbocycles. The molecule has 1 aromatic heterocycles. The van der Waals surface area contributed by atoms with Crippen molar-refractivity contribution in [2.24, 2.45) is 0 Å². The SMILES string of the molecule is COc1cccc(C(C)c2cc(N)nc(N)c2N)c1. The fourth-order valence-corrected chi connectivity index (χ4v) is 2.07. The molecule has 1 aromatic carbocycles. The van der Waals surface area contributed by atoms with Crippen molar-refractivity contribution in [2.75, 3.05) is 24.3 Å². The van der Waals surface area contributed by atoms with Crippen molar-refractivity contribution >= 4 is 17.3 Å². The molecular formula is C14H18N4O. The van der Waals surface area contributed by atoms with Crippen molar-refractivity contribution in [3.05, 3.63) is 41.5 Å². The highest BCUT2D eigenvalue weighted by molar-refractivity contribution is 5.68. The topological polar surface area (TPSA) is 100 Å². The zero-order valence-corrected chi connectivity index (χ0v) is 11.1. The number of rotatable bonds is 3. The molecule has 5 nitrogen and oxygen atoms in total. The lowest BCUT2D eigenvalue weighted by Crippen LogP contribution is -2.08. The fraction of sp³-hybridized carbons (Fsp3) is 0.214. The summed E-state index contributed by atoms with van der Waals surface area (Å²) in [5, 5.41) is 0. The Labute approximate surface area is 112 Å². The molecule has 1 unspecified atom stereocenters. The molecule has 0 aliphatic heterocycles. The minimum atomic E-state index is 0.0581. The Kier molecular flexibility index (Phi) is 3.46. The number of ether oxygens (including phenoxy) is 1. The smallest absolute Gasteiger partial charge is 0.149 e. The molecule has 0 fully saturated rings. The molecule has 0 spiro atoms. The van der Waals surface area contributed by atoms with Gasteiger partial charge in [0, 0.05) is 5.92 Å². The van der Waals surface area contributed by atoms with Crippen molar-refractivity contribution < 1.29 is 4.74 Å². The van der Waals surface area contributed by atoms with Gasteiger partial charge in [0.1, 0.15) is 17.4 Å². The van der Waals surface area contributed by atoms with Crippen LogP contribution >= 0.6 is 0 Å². The average Bonchev–Trinajstić information content (AvgIpc) is 2.42. The van der Waals surface area contributed by atoms with Crippen molar-refractivity contribution in [1.82, 2.24) is 4.98 Å². The number of benzene rings is 1. The van der Waals surface area contributed by atoms with E-state index in [0.29, 0.717) is 11.5 Å². The number of hydrogen-bond acceptors (Lipinski definition) is 5. The molecule has 0 bridgehead atoms. The molecule has 5 heteroatoms. The maximum Gasteiger partial charge on any atom is 0.149 e. The number of nitrogen functional groups attached to an aromatic ring is 3. The lowest BCUT2D eigenvalue weighted by Gasteiger charge is -2.17. The van der Waals surface area contributed by atoms with Crippen LogP contribution in [-0.4, -0.2) is 12.1 Å². The molecule has 0 saturated carbocycles. The van der Waals surface area contributed by atoms with Crippen molar-refractivity contribution in [2.45, 2.75) is 12.8 Å².